The molecular weight excluding hydrogens is 542 g/mol. The second-order valence-corrected chi connectivity index (χ2v) is 12.5. The zero-order valence-corrected chi connectivity index (χ0v) is 23.5. The van der Waals surface area contributed by atoms with Crippen molar-refractivity contribution < 1.29 is 17.9 Å². The van der Waals surface area contributed by atoms with Crippen molar-refractivity contribution in [3.8, 4) is 11.5 Å². The fourth-order valence-electron chi connectivity index (χ4n) is 5.28. The maximum absolute atomic E-state index is 13.5. The van der Waals surface area contributed by atoms with Crippen molar-refractivity contribution in [3.05, 3.63) is 46.0 Å². The van der Waals surface area contributed by atoms with Crippen LogP contribution in [-0.2, 0) is 15.6 Å². The molecule has 0 aromatic heterocycles. The summed E-state index contributed by atoms with van der Waals surface area (Å²) >= 11 is 6.69. The van der Waals surface area contributed by atoms with Crippen molar-refractivity contribution in [2.24, 2.45) is 16.5 Å². The number of sulfone groups is 1. The molecule has 39 heavy (non-hydrogen) atoms. The molecule has 2 fully saturated rings. The molecule has 0 radical (unpaired) electrons. The van der Waals surface area contributed by atoms with Crippen LogP contribution in [0.4, 0.5) is 5.69 Å². The number of rotatable bonds is 5. The first-order valence-corrected chi connectivity index (χ1v) is 15.1. The highest BCUT2D eigenvalue weighted by Gasteiger charge is 2.32. The first-order valence-electron chi connectivity index (χ1n) is 13.0. The van der Waals surface area contributed by atoms with Gasteiger partial charge in [-0.2, -0.15) is 4.99 Å². The Hall–Kier alpha value is -2.90. The van der Waals surface area contributed by atoms with Crippen LogP contribution in [0, 0.1) is 6.92 Å². The van der Waals surface area contributed by atoms with Crippen molar-refractivity contribution in [2.45, 2.75) is 17.6 Å². The molecule has 11 nitrogen and oxygen atoms in total. The number of aryl methyl sites for hydroxylation is 1. The second-order valence-electron chi connectivity index (χ2n) is 10.2. The Bertz CT molecular complexity index is 1400. The fraction of sp³-hybridized carbons (Fsp3) is 0.462. The lowest BCUT2D eigenvalue weighted by atomic mass is 10.1. The van der Waals surface area contributed by atoms with Crippen molar-refractivity contribution in [1.82, 2.24) is 15.1 Å². The standard InChI is InChI=1S/C26H34ClN7O4S/c1-17-12-18(25(35)31-26(28)29)14-22-23(17)38-24-19(16-39(22,36)37)13-20(15-21(24)27)34-10-8-33(9-11-34)7-6-32-4-2-30-3-5-32/h12-15,30H,2-11,16H2,1H3,(H4,28,29,31,35). The number of benzene rings is 2. The first-order chi connectivity index (χ1) is 18.6. The molecule has 2 aromatic rings. The summed E-state index contributed by atoms with van der Waals surface area (Å²) in [6, 6.07) is 6.44. The van der Waals surface area contributed by atoms with Crippen molar-refractivity contribution >= 4 is 39.0 Å². The van der Waals surface area contributed by atoms with E-state index in [0.29, 0.717) is 21.9 Å². The molecule has 0 spiro atoms. The fourth-order valence-corrected chi connectivity index (χ4v) is 7.12. The lowest BCUT2D eigenvalue weighted by Gasteiger charge is -2.37. The van der Waals surface area contributed by atoms with Gasteiger partial charge in [-0.05, 0) is 36.8 Å². The molecule has 0 unspecified atom stereocenters. The summed E-state index contributed by atoms with van der Waals surface area (Å²) in [5, 5.41) is 3.73. The first kappa shape index (κ1) is 27.7. The normalized spacial score (nSPS) is 19.4. The topological polar surface area (TPSA) is 147 Å². The Balaban J connectivity index is 1.34. The largest absolute Gasteiger partial charge is 0.454 e. The van der Waals surface area contributed by atoms with Gasteiger partial charge >= 0.3 is 0 Å². The number of piperazine rings is 2. The van der Waals surface area contributed by atoms with Gasteiger partial charge in [-0.25, -0.2) is 8.42 Å². The molecule has 13 heteroatoms. The molecule has 0 atom stereocenters. The Morgan fingerprint density at radius 2 is 1.67 bits per heavy atom. The van der Waals surface area contributed by atoms with E-state index in [1.807, 2.05) is 12.1 Å². The van der Waals surface area contributed by atoms with Crippen LogP contribution in [0.2, 0.25) is 5.02 Å². The predicted octanol–water partition coefficient (Wildman–Crippen LogP) is 1.17. The number of aliphatic imine (C=N–C) groups is 1. The highest BCUT2D eigenvalue weighted by atomic mass is 35.5. The molecule has 210 valence electrons. The van der Waals surface area contributed by atoms with E-state index in [-0.39, 0.29) is 22.0 Å². The Morgan fingerprint density at radius 3 is 2.33 bits per heavy atom. The summed E-state index contributed by atoms with van der Waals surface area (Å²) in [6.07, 6.45) is 0. The number of hydrogen-bond acceptors (Lipinski definition) is 8. The number of halogens is 1. The van der Waals surface area contributed by atoms with E-state index < -0.39 is 21.7 Å². The number of guanidine groups is 1. The molecule has 3 aliphatic rings. The molecule has 0 aliphatic carbocycles. The molecular formula is C26H34ClN7O4S. The highest BCUT2D eigenvalue weighted by molar-refractivity contribution is 7.90. The number of carbonyl (C=O) groups is 1. The third kappa shape index (κ3) is 6.15. The Kier molecular flexibility index (Phi) is 8.01. The summed E-state index contributed by atoms with van der Waals surface area (Å²) in [5.41, 5.74) is 12.5. The number of nitrogens with two attached hydrogens (primary N) is 2. The zero-order chi connectivity index (χ0) is 27.7. The van der Waals surface area contributed by atoms with E-state index in [0.717, 1.165) is 71.1 Å². The SMILES string of the molecule is Cc1cc(C(=O)N=C(N)N)cc2c1Oc1c(Cl)cc(N3CCN(CCN4CCNCC4)CC3)cc1CS2(=O)=O. The number of hydrogen-bond donors (Lipinski definition) is 3. The van der Waals surface area contributed by atoms with E-state index in [1.165, 1.54) is 12.1 Å². The third-order valence-electron chi connectivity index (χ3n) is 7.39. The number of ether oxygens (including phenoxy) is 1. The lowest BCUT2D eigenvalue weighted by Crippen LogP contribution is -2.50. The third-order valence-corrected chi connectivity index (χ3v) is 9.33. The monoisotopic (exact) mass is 575 g/mol. The molecule has 3 aliphatic heterocycles. The molecule has 0 saturated carbocycles. The van der Waals surface area contributed by atoms with Crippen LogP contribution < -0.4 is 26.4 Å². The van der Waals surface area contributed by atoms with Crippen LogP contribution >= 0.6 is 11.6 Å². The minimum atomic E-state index is -3.87. The summed E-state index contributed by atoms with van der Waals surface area (Å²) < 4.78 is 33.1. The van der Waals surface area contributed by atoms with Gasteiger partial charge in [-0.1, -0.05) is 11.6 Å². The van der Waals surface area contributed by atoms with Gasteiger partial charge in [0.05, 0.1) is 10.8 Å². The average Bonchev–Trinajstić information content (AvgIpc) is 3.01. The van der Waals surface area contributed by atoms with Crippen LogP contribution in [-0.4, -0.2) is 95.5 Å². The van der Waals surface area contributed by atoms with Gasteiger partial charge in [-0.3, -0.25) is 14.6 Å². The number of amides is 1. The Morgan fingerprint density at radius 1 is 1.00 bits per heavy atom. The number of nitrogens with one attached hydrogen (secondary N) is 1. The predicted molar refractivity (Wildman–Crippen MR) is 152 cm³/mol. The van der Waals surface area contributed by atoms with Crippen LogP contribution in [0.3, 0.4) is 0 Å². The van der Waals surface area contributed by atoms with Crippen molar-refractivity contribution in [2.75, 3.05) is 70.3 Å². The number of fused-ring (bicyclic) bond motifs is 2. The molecule has 2 saturated heterocycles. The Labute approximate surface area is 233 Å². The average molecular weight is 576 g/mol. The molecule has 3 heterocycles. The summed E-state index contributed by atoms with van der Waals surface area (Å²) in [7, 11) is -3.87. The van der Waals surface area contributed by atoms with Gasteiger partial charge in [-0.15, -0.1) is 0 Å². The van der Waals surface area contributed by atoms with E-state index in [1.54, 1.807) is 6.92 Å². The molecule has 5 rings (SSSR count). The number of carbonyl (C=O) groups excluding carboxylic acids is 1. The zero-order valence-electron chi connectivity index (χ0n) is 22.0. The highest BCUT2D eigenvalue weighted by Crippen LogP contribution is 2.45. The van der Waals surface area contributed by atoms with Gasteiger partial charge < -0.3 is 26.4 Å². The summed E-state index contributed by atoms with van der Waals surface area (Å²) in [4.78, 5) is 23.0. The van der Waals surface area contributed by atoms with E-state index >= 15 is 0 Å². The number of anilines is 1. The van der Waals surface area contributed by atoms with Gasteiger partial charge in [0.1, 0.15) is 16.4 Å². The van der Waals surface area contributed by atoms with E-state index in [2.05, 4.69) is 25.0 Å². The van der Waals surface area contributed by atoms with Crippen molar-refractivity contribution in [3.63, 3.8) is 0 Å². The molecule has 1 amide bonds. The lowest BCUT2D eigenvalue weighted by molar-refractivity contribution is 0.100. The van der Waals surface area contributed by atoms with Gasteiger partial charge in [0.2, 0.25) is 0 Å². The van der Waals surface area contributed by atoms with Crippen LogP contribution in [0.25, 0.3) is 0 Å². The minimum Gasteiger partial charge on any atom is -0.454 e. The van der Waals surface area contributed by atoms with Gasteiger partial charge in [0.25, 0.3) is 5.91 Å². The molecule has 0 bridgehead atoms. The van der Waals surface area contributed by atoms with E-state index in [9.17, 15) is 13.2 Å². The minimum absolute atomic E-state index is 0.0550. The van der Waals surface area contributed by atoms with Crippen molar-refractivity contribution in [1.29, 1.82) is 0 Å². The molecule has 5 N–H and O–H groups in total. The van der Waals surface area contributed by atoms with Crippen LogP contribution in [0.15, 0.2) is 34.2 Å². The second kappa shape index (κ2) is 11.3. The smallest absolute Gasteiger partial charge is 0.280 e. The summed E-state index contributed by atoms with van der Waals surface area (Å²) in [5.74, 6) is -0.997. The maximum atomic E-state index is 13.5. The van der Waals surface area contributed by atoms with E-state index in [4.69, 9.17) is 27.8 Å². The summed E-state index contributed by atoms with van der Waals surface area (Å²) in [6.45, 7) is 11.5. The van der Waals surface area contributed by atoms with Gasteiger partial charge in [0, 0.05) is 82.3 Å². The van der Waals surface area contributed by atoms with Crippen LogP contribution in [0.5, 0.6) is 11.5 Å². The van der Waals surface area contributed by atoms with Gasteiger partial charge in [0.15, 0.2) is 15.8 Å². The van der Waals surface area contributed by atoms with Crippen LogP contribution in [0.1, 0.15) is 21.5 Å². The maximum Gasteiger partial charge on any atom is 0.280 e. The molecule has 2 aromatic carbocycles. The number of nitrogens with zero attached hydrogens (tertiary/aromatic N) is 4. The quantitative estimate of drug-likeness (QED) is 0.350.